The molecule has 154 valence electrons. The minimum absolute atomic E-state index is 0.0467. The standard InChI is InChI=1S/C20H24N4O4S/c1-14-11-19(24(22-14)16-7-10-29(26,27)13-16)21-20(25)18-12-15-5-3-4-6-17(15)23(18)8-9-28-2/h3-6,11-12,16H,7-10,13H2,1-2H3,(H,21,25). The molecule has 1 saturated heterocycles. The summed E-state index contributed by atoms with van der Waals surface area (Å²) in [6.45, 7) is 2.85. The number of amides is 1. The van der Waals surface area contributed by atoms with Crippen LogP contribution in [-0.4, -0.2) is 53.9 Å². The smallest absolute Gasteiger partial charge is 0.273 e. The summed E-state index contributed by atoms with van der Waals surface area (Å²) >= 11 is 0. The predicted molar refractivity (Wildman–Crippen MR) is 111 cm³/mol. The van der Waals surface area contributed by atoms with Crippen molar-refractivity contribution in [1.29, 1.82) is 0 Å². The minimum Gasteiger partial charge on any atom is -0.383 e. The molecule has 0 bridgehead atoms. The number of rotatable bonds is 6. The Labute approximate surface area is 169 Å². The van der Waals surface area contributed by atoms with Gasteiger partial charge in [-0.25, -0.2) is 13.1 Å². The summed E-state index contributed by atoms with van der Waals surface area (Å²) in [5.74, 6) is 0.442. The van der Waals surface area contributed by atoms with Crippen LogP contribution in [0.25, 0.3) is 10.9 Å². The summed E-state index contributed by atoms with van der Waals surface area (Å²) in [5.41, 5.74) is 2.21. The first kappa shape index (κ1) is 19.7. The van der Waals surface area contributed by atoms with E-state index in [1.54, 1.807) is 17.9 Å². The highest BCUT2D eigenvalue weighted by Gasteiger charge is 2.31. The van der Waals surface area contributed by atoms with Crippen molar-refractivity contribution in [2.24, 2.45) is 0 Å². The van der Waals surface area contributed by atoms with Crippen molar-refractivity contribution in [1.82, 2.24) is 14.3 Å². The number of carbonyl (C=O) groups is 1. The summed E-state index contributed by atoms with van der Waals surface area (Å²) in [6.07, 6.45) is 0.500. The van der Waals surface area contributed by atoms with Crippen LogP contribution < -0.4 is 5.32 Å². The van der Waals surface area contributed by atoms with E-state index in [1.165, 1.54) is 0 Å². The van der Waals surface area contributed by atoms with E-state index in [4.69, 9.17) is 4.74 Å². The van der Waals surface area contributed by atoms with Crippen LogP contribution in [-0.2, 0) is 21.1 Å². The molecule has 0 radical (unpaired) electrons. The lowest BCUT2D eigenvalue weighted by Gasteiger charge is -2.15. The fourth-order valence-electron chi connectivity index (χ4n) is 3.86. The quantitative estimate of drug-likeness (QED) is 0.666. The summed E-state index contributed by atoms with van der Waals surface area (Å²) in [5, 5.41) is 8.34. The second-order valence-electron chi connectivity index (χ2n) is 7.36. The lowest BCUT2D eigenvalue weighted by Crippen LogP contribution is -2.22. The summed E-state index contributed by atoms with van der Waals surface area (Å²) in [7, 11) is -1.43. The van der Waals surface area contributed by atoms with E-state index in [9.17, 15) is 13.2 Å². The number of hydrogen-bond donors (Lipinski definition) is 1. The number of ether oxygens (including phenoxy) is 1. The van der Waals surface area contributed by atoms with Crippen molar-refractivity contribution in [2.45, 2.75) is 25.9 Å². The van der Waals surface area contributed by atoms with Crippen LogP contribution >= 0.6 is 0 Å². The Morgan fingerprint density at radius 3 is 2.83 bits per heavy atom. The van der Waals surface area contributed by atoms with Crippen molar-refractivity contribution < 1.29 is 17.9 Å². The molecule has 1 atom stereocenters. The fourth-order valence-corrected chi connectivity index (χ4v) is 5.55. The molecule has 9 heteroatoms. The van der Waals surface area contributed by atoms with Crippen molar-refractivity contribution in [3.63, 3.8) is 0 Å². The number of aromatic nitrogens is 3. The first-order valence-corrected chi connectivity index (χ1v) is 11.4. The Morgan fingerprint density at radius 2 is 2.10 bits per heavy atom. The third-order valence-corrected chi connectivity index (χ3v) is 6.97. The van der Waals surface area contributed by atoms with E-state index in [2.05, 4.69) is 10.4 Å². The molecule has 0 spiro atoms. The lowest BCUT2D eigenvalue weighted by molar-refractivity contribution is 0.101. The number of aryl methyl sites for hydroxylation is 1. The lowest BCUT2D eigenvalue weighted by atomic mass is 10.2. The second kappa shape index (κ2) is 7.64. The summed E-state index contributed by atoms with van der Waals surface area (Å²) in [6, 6.07) is 11.2. The highest BCUT2D eigenvalue weighted by molar-refractivity contribution is 7.91. The maximum atomic E-state index is 13.1. The van der Waals surface area contributed by atoms with Gasteiger partial charge in [0.15, 0.2) is 9.84 Å². The van der Waals surface area contributed by atoms with Gasteiger partial charge in [0, 0.05) is 30.6 Å². The SMILES string of the molecule is COCCn1c(C(=O)Nc2cc(C)nn2C2CCS(=O)(=O)C2)cc2ccccc21. The molecule has 1 unspecified atom stereocenters. The average molecular weight is 417 g/mol. The van der Waals surface area contributed by atoms with Gasteiger partial charge in [0.1, 0.15) is 11.5 Å². The topological polar surface area (TPSA) is 95.2 Å². The second-order valence-corrected chi connectivity index (χ2v) is 9.59. The number of methoxy groups -OCH3 is 1. The van der Waals surface area contributed by atoms with Crippen LogP contribution in [0.5, 0.6) is 0 Å². The molecule has 1 fully saturated rings. The van der Waals surface area contributed by atoms with Gasteiger partial charge >= 0.3 is 0 Å². The van der Waals surface area contributed by atoms with E-state index in [0.717, 1.165) is 16.6 Å². The first-order valence-electron chi connectivity index (χ1n) is 9.53. The number of sulfone groups is 1. The number of fused-ring (bicyclic) bond motifs is 1. The van der Waals surface area contributed by atoms with Crippen LogP contribution in [0.3, 0.4) is 0 Å². The molecule has 0 saturated carbocycles. The van der Waals surface area contributed by atoms with Gasteiger partial charge in [-0.3, -0.25) is 4.79 Å². The van der Waals surface area contributed by atoms with Gasteiger partial charge in [0.2, 0.25) is 0 Å². The van der Waals surface area contributed by atoms with Gasteiger partial charge in [-0.2, -0.15) is 5.10 Å². The van der Waals surface area contributed by atoms with E-state index < -0.39 is 9.84 Å². The van der Waals surface area contributed by atoms with E-state index >= 15 is 0 Å². The average Bonchev–Trinajstić information content (AvgIpc) is 3.34. The summed E-state index contributed by atoms with van der Waals surface area (Å²) in [4.78, 5) is 13.1. The zero-order valence-electron chi connectivity index (χ0n) is 16.5. The molecule has 1 amide bonds. The number of para-hydroxylation sites is 1. The Bertz CT molecular complexity index is 1160. The molecule has 3 aromatic rings. The Kier molecular flexibility index (Phi) is 5.18. The molecule has 4 rings (SSSR count). The monoisotopic (exact) mass is 416 g/mol. The van der Waals surface area contributed by atoms with Gasteiger partial charge in [0.25, 0.3) is 5.91 Å². The van der Waals surface area contributed by atoms with E-state index in [1.807, 2.05) is 41.8 Å². The number of benzene rings is 1. The van der Waals surface area contributed by atoms with Crippen LogP contribution in [0.4, 0.5) is 5.82 Å². The minimum atomic E-state index is -3.06. The normalized spacial score (nSPS) is 18.3. The molecule has 0 aliphatic carbocycles. The largest absolute Gasteiger partial charge is 0.383 e. The van der Waals surface area contributed by atoms with Gasteiger partial charge in [-0.05, 0) is 25.5 Å². The Hall–Kier alpha value is -2.65. The van der Waals surface area contributed by atoms with Crippen LogP contribution in [0, 0.1) is 6.92 Å². The molecular formula is C20H24N4O4S. The van der Waals surface area contributed by atoms with Crippen molar-refractivity contribution in [3.8, 4) is 0 Å². The van der Waals surface area contributed by atoms with Crippen LogP contribution in [0.15, 0.2) is 36.4 Å². The van der Waals surface area contributed by atoms with Crippen molar-refractivity contribution in [3.05, 3.63) is 47.8 Å². The zero-order valence-corrected chi connectivity index (χ0v) is 17.3. The van der Waals surface area contributed by atoms with Gasteiger partial charge < -0.3 is 14.6 Å². The third-order valence-electron chi connectivity index (χ3n) is 5.22. The molecule has 29 heavy (non-hydrogen) atoms. The zero-order chi connectivity index (χ0) is 20.6. The van der Waals surface area contributed by atoms with Crippen LogP contribution in [0.1, 0.15) is 28.6 Å². The third kappa shape index (κ3) is 3.92. The fraction of sp³-hybridized carbons (Fsp3) is 0.400. The van der Waals surface area contributed by atoms with E-state index in [0.29, 0.717) is 31.1 Å². The number of hydrogen-bond acceptors (Lipinski definition) is 5. The van der Waals surface area contributed by atoms with E-state index in [-0.39, 0.29) is 23.5 Å². The van der Waals surface area contributed by atoms with Gasteiger partial charge in [0.05, 0.1) is 29.8 Å². The Morgan fingerprint density at radius 1 is 1.31 bits per heavy atom. The van der Waals surface area contributed by atoms with Gasteiger partial charge in [-0.1, -0.05) is 18.2 Å². The van der Waals surface area contributed by atoms with Crippen LogP contribution in [0.2, 0.25) is 0 Å². The molecule has 1 aliphatic rings. The predicted octanol–water partition coefficient (Wildman–Crippen LogP) is 2.40. The number of carbonyl (C=O) groups excluding carboxylic acids is 1. The molecule has 3 heterocycles. The number of nitrogens with zero attached hydrogens (tertiary/aromatic N) is 3. The van der Waals surface area contributed by atoms with Crippen molar-refractivity contribution >= 4 is 32.5 Å². The van der Waals surface area contributed by atoms with Gasteiger partial charge in [-0.15, -0.1) is 0 Å². The molecule has 1 N–H and O–H groups in total. The highest BCUT2D eigenvalue weighted by Crippen LogP contribution is 2.28. The molecule has 8 nitrogen and oxygen atoms in total. The molecule has 1 aliphatic heterocycles. The molecule has 2 aromatic heterocycles. The number of nitrogens with one attached hydrogen (secondary N) is 1. The molecule has 1 aromatic carbocycles. The van der Waals surface area contributed by atoms with Crippen molar-refractivity contribution in [2.75, 3.05) is 30.5 Å². The maximum Gasteiger partial charge on any atom is 0.273 e. The maximum absolute atomic E-state index is 13.1. The Balaban J connectivity index is 1.65. The number of anilines is 1. The molecular weight excluding hydrogens is 392 g/mol. The highest BCUT2D eigenvalue weighted by atomic mass is 32.2. The summed E-state index contributed by atoms with van der Waals surface area (Å²) < 4.78 is 32.5. The first-order chi connectivity index (χ1) is 13.9.